The summed E-state index contributed by atoms with van der Waals surface area (Å²) in [6, 6.07) is 0. The van der Waals surface area contributed by atoms with Gasteiger partial charge in [0.25, 0.3) is 0 Å². The zero-order valence-corrected chi connectivity index (χ0v) is 12.3. The lowest BCUT2D eigenvalue weighted by Crippen LogP contribution is -2.51. The molecule has 0 amide bonds. The molecule has 0 saturated carbocycles. The minimum Gasteiger partial charge on any atom is -0.479 e. The highest BCUT2D eigenvalue weighted by atomic mass is 28.4. The second-order valence-corrected chi connectivity index (χ2v) is 10.6. The van der Waals surface area contributed by atoms with Gasteiger partial charge in [0, 0.05) is 6.42 Å². The average Bonchev–Trinajstić information content (AvgIpc) is 2.00. The van der Waals surface area contributed by atoms with Crippen molar-refractivity contribution in [2.45, 2.75) is 57.8 Å². The standard InChI is InChI=1S/C12H24O3Si/c1-8-9-12(5,10(13)14)15-16(6,7)11(2,3)4/h8H,1,9H2,2-7H3,(H,13,14). The van der Waals surface area contributed by atoms with Crippen LogP contribution in [0.5, 0.6) is 0 Å². The molecule has 0 aliphatic carbocycles. The van der Waals surface area contributed by atoms with Gasteiger partial charge in [0.1, 0.15) is 0 Å². The van der Waals surface area contributed by atoms with E-state index in [1.54, 1.807) is 13.0 Å². The van der Waals surface area contributed by atoms with Crippen molar-refractivity contribution in [2.75, 3.05) is 0 Å². The predicted octanol–water partition coefficient (Wildman–Crippen LogP) is 3.43. The van der Waals surface area contributed by atoms with Crippen LogP contribution < -0.4 is 0 Å². The van der Waals surface area contributed by atoms with Crippen LogP contribution in [-0.2, 0) is 9.22 Å². The summed E-state index contributed by atoms with van der Waals surface area (Å²) in [5.74, 6) is -0.919. The van der Waals surface area contributed by atoms with E-state index in [0.717, 1.165) is 0 Å². The normalized spacial score (nSPS) is 16.6. The van der Waals surface area contributed by atoms with E-state index in [1.807, 2.05) is 0 Å². The summed E-state index contributed by atoms with van der Waals surface area (Å²) in [5, 5.41) is 9.25. The molecule has 0 bridgehead atoms. The SMILES string of the molecule is C=CCC(C)(O[Si](C)(C)C(C)(C)C)C(=O)O. The highest BCUT2D eigenvalue weighted by molar-refractivity contribution is 6.74. The second-order valence-electron chi connectivity index (χ2n) is 5.89. The zero-order chi connectivity index (χ0) is 13.2. The van der Waals surface area contributed by atoms with E-state index in [4.69, 9.17) is 4.43 Å². The van der Waals surface area contributed by atoms with Gasteiger partial charge in [-0.1, -0.05) is 26.8 Å². The quantitative estimate of drug-likeness (QED) is 0.595. The number of carboxylic acid groups (broad SMARTS) is 1. The van der Waals surface area contributed by atoms with Gasteiger partial charge in [-0.2, -0.15) is 0 Å². The lowest BCUT2D eigenvalue weighted by Gasteiger charge is -2.42. The Kier molecular flexibility index (Phi) is 4.53. The maximum atomic E-state index is 11.3. The molecule has 16 heavy (non-hydrogen) atoms. The summed E-state index contributed by atoms with van der Waals surface area (Å²) in [7, 11) is -2.07. The minimum atomic E-state index is -2.07. The van der Waals surface area contributed by atoms with Crippen molar-refractivity contribution in [3.63, 3.8) is 0 Å². The molecule has 0 spiro atoms. The van der Waals surface area contributed by atoms with Crippen molar-refractivity contribution in [2.24, 2.45) is 0 Å². The number of hydrogen-bond donors (Lipinski definition) is 1. The molecule has 0 radical (unpaired) electrons. The first kappa shape index (κ1) is 15.4. The number of rotatable bonds is 5. The molecule has 0 aliphatic rings. The number of hydrogen-bond acceptors (Lipinski definition) is 2. The monoisotopic (exact) mass is 244 g/mol. The lowest BCUT2D eigenvalue weighted by atomic mass is 10.0. The molecule has 0 saturated heterocycles. The van der Waals surface area contributed by atoms with Gasteiger partial charge < -0.3 is 9.53 Å². The summed E-state index contributed by atoms with van der Waals surface area (Å²) < 4.78 is 5.96. The maximum absolute atomic E-state index is 11.3. The molecule has 94 valence electrons. The Morgan fingerprint density at radius 2 is 1.81 bits per heavy atom. The summed E-state index contributed by atoms with van der Waals surface area (Å²) >= 11 is 0. The molecule has 1 atom stereocenters. The third kappa shape index (κ3) is 3.45. The molecule has 0 aromatic carbocycles. The fourth-order valence-electron chi connectivity index (χ4n) is 1.16. The van der Waals surface area contributed by atoms with Gasteiger partial charge in [-0.15, -0.1) is 6.58 Å². The minimum absolute atomic E-state index is 0.00484. The Bertz CT molecular complexity index is 278. The Morgan fingerprint density at radius 3 is 2.06 bits per heavy atom. The summed E-state index contributed by atoms with van der Waals surface area (Å²) in [6.07, 6.45) is 1.93. The lowest BCUT2D eigenvalue weighted by molar-refractivity contribution is -0.154. The van der Waals surface area contributed by atoms with Gasteiger partial charge >= 0.3 is 5.97 Å². The number of aliphatic carboxylic acids is 1. The highest BCUT2D eigenvalue weighted by Crippen LogP contribution is 2.39. The van der Waals surface area contributed by atoms with Crippen LogP contribution in [0, 0.1) is 0 Å². The van der Waals surface area contributed by atoms with Crippen molar-refractivity contribution in [3.05, 3.63) is 12.7 Å². The van der Waals surface area contributed by atoms with Crippen LogP contribution in [0.3, 0.4) is 0 Å². The molecule has 1 unspecified atom stereocenters. The predicted molar refractivity (Wildman–Crippen MR) is 69.1 cm³/mol. The largest absolute Gasteiger partial charge is 0.479 e. The van der Waals surface area contributed by atoms with Gasteiger partial charge in [0.15, 0.2) is 13.9 Å². The highest BCUT2D eigenvalue weighted by Gasteiger charge is 2.45. The molecule has 0 aromatic rings. The molecule has 0 fully saturated rings. The maximum Gasteiger partial charge on any atom is 0.334 e. The van der Waals surface area contributed by atoms with Crippen LogP contribution in [0.25, 0.3) is 0 Å². The smallest absolute Gasteiger partial charge is 0.334 e. The van der Waals surface area contributed by atoms with E-state index in [2.05, 4.69) is 40.4 Å². The van der Waals surface area contributed by atoms with Gasteiger partial charge in [-0.05, 0) is 25.1 Å². The van der Waals surface area contributed by atoms with Crippen molar-refractivity contribution in [3.8, 4) is 0 Å². The Hall–Kier alpha value is -0.613. The molecule has 3 nitrogen and oxygen atoms in total. The molecule has 0 heterocycles. The van der Waals surface area contributed by atoms with E-state index in [-0.39, 0.29) is 5.04 Å². The summed E-state index contributed by atoms with van der Waals surface area (Å²) in [4.78, 5) is 11.3. The Labute approximate surface area is 99.6 Å². The van der Waals surface area contributed by atoms with Gasteiger partial charge in [0.2, 0.25) is 0 Å². The topological polar surface area (TPSA) is 46.5 Å². The van der Waals surface area contributed by atoms with E-state index < -0.39 is 19.9 Å². The molecule has 0 aromatic heterocycles. The zero-order valence-electron chi connectivity index (χ0n) is 11.3. The van der Waals surface area contributed by atoms with Crippen LogP contribution in [0.15, 0.2) is 12.7 Å². The molecular weight excluding hydrogens is 220 g/mol. The number of carboxylic acids is 1. The molecule has 0 rings (SSSR count). The molecule has 1 N–H and O–H groups in total. The van der Waals surface area contributed by atoms with E-state index in [1.165, 1.54) is 0 Å². The first-order valence-corrected chi connectivity index (χ1v) is 8.41. The van der Waals surface area contributed by atoms with E-state index in [9.17, 15) is 9.90 Å². The van der Waals surface area contributed by atoms with Crippen molar-refractivity contribution in [1.29, 1.82) is 0 Å². The van der Waals surface area contributed by atoms with Crippen LogP contribution >= 0.6 is 0 Å². The van der Waals surface area contributed by atoms with E-state index in [0.29, 0.717) is 6.42 Å². The summed E-state index contributed by atoms with van der Waals surface area (Å²) in [5.41, 5.74) is -1.15. The Balaban J connectivity index is 5.04. The molecule has 0 aliphatic heterocycles. The fraction of sp³-hybridized carbons (Fsp3) is 0.750. The molecular formula is C12H24O3Si. The van der Waals surface area contributed by atoms with Gasteiger partial charge in [0.05, 0.1) is 0 Å². The van der Waals surface area contributed by atoms with Crippen molar-refractivity contribution < 1.29 is 14.3 Å². The third-order valence-electron chi connectivity index (χ3n) is 3.27. The van der Waals surface area contributed by atoms with Crippen LogP contribution in [-0.4, -0.2) is 25.0 Å². The van der Waals surface area contributed by atoms with Gasteiger partial charge in [-0.3, -0.25) is 0 Å². The van der Waals surface area contributed by atoms with Crippen molar-refractivity contribution in [1.82, 2.24) is 0 Å². The summed E-state index contributed by atoms with van der Waals surface area (Å²) in [6.45, 7) is 15.6. The molecule has 4 heteroatoms. The fourth-order valence-corrected chi connectivity index (χ4v) is 2.77. The second kappa shape index (κ2) is 4.71. The van der Waals surface area contributed by atoms with Gasteiger partial charge in [-0.25, -0.2) is 4.79 Å². The first-order chi connectivity index (χ1) is 6.96. The van der Waals surface area contributed by atoms with Crippen LogP contribution in [0.1, 0.15) is 34.1 Å². The van der Waals surface area contributed by atoms with Crippen molar-refractivity contribution >= 4 is 14.3 Å². The third-order valence-corrected chi connectivity index (χ3v) is 7.85. The van der Waals surface area contributed by atoms with E-state index >= 15 is 0 Å². The van der Waals surface area contributed by atoms with Crippen LogP contribution in [0.2, 0.25) is 18.1 Å². The average molecular weight is 244 g/mol. The first-order valence-electron chi connectivity index (χ1n) is 5.51. The van der Waals surface area contributed by atoms with Crippen LogP contribution in [0.4, 0.5) is 0 Å². The Morgan fingerprint density at radius 1 is 1.38 bits per heavy atom. The number of carbonyl (C=O) groups is 1.